The summed E-state index contributed by atoms with van der Waals surface area (Å²) in [4.78, 5) is 25.3. The first-order chi connectivity index (χ1) is 9.97. The molecule has 1 atom stereocenters. The molecule has 7 nitrogen and oxygen atoms in total. The standard InChI is InChI=1S/C14H15N3O4/c1-14(12(18)17(7-6-15)13(19)16-14)10-8-9(20-2)4-5-11(10)21-3/h4-5,8H,7H2,1-3H3,(H,16,19). The molecule has 1 aliphatic rings. The zero-order valence-corrected chi connectivity index (χ0v) is 12.0. The highest BCUT2D eigenvalue weighted by atomic mass is 16.5. The number of amides is 3. The SMILES string of the molecule is COc1ccc(OC)c(C2(C)NC(=O)N(CC#N)C2=O)c1. The van der Waals surface area contributed by atoms with Crippen molar-refractivity contribution in [3.63, 3.8) is 0 Å². The summed E-state index contributed by atoms with van der Waals surface area (Å²) in [5.41, 5.74) is -0.823. The van der Waals surface area contributed by atoms with E-state index in [0.29, 0.717) is 17.1 Å². The molecule has 0 aliphatic carbocycles. The average Bonchev–Trinajstić information content (AvgIpc) is 2.71. The zero-order chi connectivity index (χ0) is 15.6. The molecule has 0 aromatic heterocycles. The van der Waals surface area contributed by atoms with E-state index in [2.05, 4.69) is 5.32 Å². The minimum atomic E-state index is -1.30. The van der Waals surface area contributed by atoms with Gasteiger partial charge in [0, 0.05) is 5.56 Å². The van der Waals surface area contributed by atoms with E-state index in [4.69, 9.17) is 14.7 Å². The van der Waals surface area contributed by atoms with Crippen LogP contribution >= 0.6 is 0 Å². The third-order valence-corrected chi connectivity index (χ3v) is 3.45. The van der Waals surface area contributed by atoms with E-state index in [1.54, 1.807) is 31.2 Å². The molecule has 0 saturated carbocycles. The summed E-state index contributed by atoms with van der Waals surface area (Å²) >= 11 is 0. The van der Waals surface area contributed by atoms with E-state index in [1.807, 2.05) is 0 Å². The van der Waals surface area contributed by atoms with Gasteiger partial charge in [-0.2, -0.15) is 5.26 Å². The van der Waals surface area contributed by atoms with Crippen molar-refractivity contribution in [3.8, 4) is 17.6 Å². The predicted octanol–water partition coefficient (Wildman–Crippen LogP) is 0.994. The minimum Gasteiger partial charge on any atom is -0.497 e. The van der Waals surface area contributed by atoms with Gasteiger partial charge in [-0.3, -0.25) is 4.79 Å². The fourth-order valence-corrected chi connectivity index (χ4v) is 2.30. The smallest absolute Gasteiger partial charge is 0.326 e. The Labute approximate surface area is 122 Å². The Bertz CT molecular complexity index is 638. The van der Waals surface area contributed by atoms with Crippen molar-refractivity contribution in [2.24, 2.45) is 0 Å². The lowest BCUT2D eigenvalue weighted by Gasteiger charge is -2.24. The number of ether oxygens (including phenoxy) is 2. The summed E-state index contributed by atoms with van der Waals surface area (Å²) in [7, 11) is 2.98. The quantitative estimate of drug-likeness (QED) is 0.659. The maximum Gasteiger partial charge on any atom is 0.326 e. The van der Waals surface area contributed by atoms with Gasteiger partial charge in [0.05, 0.1) is 20.3 Å². The van der Waals surface area contributed by atoms with E-state index in [9.17, 15) is 9.59 Å². The van der Waals surface area contributed by atoms with Gasteiger partial charge in [0.1, 0.15) is 23.6 Å². The predicted molar refractivity (Wildman–Crippen MR) is 72.8 cm³/mol. The van der Waals surface area contributed by atoms with E-state index in [1.165, 1.54) is 14.2 Å². The van der Waals surface area contributed by atoms with Gasteiger partial charge in [-0.05, 0) is 25.1 Å². The molecule has 110 valence electrons. The van der Waals surface area contributed by atoms with Gasteiger partial charge in [0.2, 0.25) is 0 Å². The highest BCUT2D eigenvalue weighted by Crippen LogP contribution is 2.37. The molecule has 3 amide bonds. The fourth-order valence-electron chi connectivity index (χ4n) is 2.30. The van der Waals surface area contributed by atoms with Gasteiger partial charge >= 0.3 is 6.03 Å². The number of methoxy groups -OCH3 is 2. The van der Waals surface area contributed by atoms with Crippen LogP contribution in [0.1, 0.15) is 12.5 Å². The van der Waals surface area contributed by atoms with Gasteiger partial charge < -0.3 is 14.8 Å². The lowest BCUT2D eigenvalue weighted by atomic mass is 9.91. The first-order valence-electron chi connectivity index (χ1n) is 6.21. The van der Waals surface area contributed by atoms with E-state index < -0.39 is 17.5 Å². The minimum absolute atomic E-state index is 0.299. The van der Waals surface area contributed by atoms with Crippen molar-refractivity contribution in [2.75, 3.05) is 20.8 Å². The Morgan fingerprint density at radius 3 is 2.62 bits per heavy atom. The number of benzene rings is 1. The molecule has 1 heterocycles. The Morgan fingerprint density at radius 2 is 2.05 bits per heavy atom. The van der Waals surface area contributed by atoms with Crippen molar-refractivity contribution < 1.29 is 19.1 Å². The summed E-state index contributed by atoms with van der Waals surface area (Å²) in [6.07, 6.45) is 0. The summed E-state index contributed by atoms with van der Waals surface area (Å²) in [6, 6.07) is 6.18. The second-order valence-electron chi connectivity index (χ2n) is 4.67. The highest BCUT2D eigenvalue weighted by Gasteiger charge is 2.50. The summed E-state index contributed by atoms with van der Waals surface area (Å²) in [5.74, 6) is 0.485. The number of nitrogens with zero attached hydrogens (tertiary/aromatic N) is 2. The Hall–Kier alpha value is -2.75. The zero-order valence-electron chi connectivity index (χ0n) is 12.0. The van der Waals surface area contributed by atoms with Crippen LogP contribution in [0.3, 0.4) is 0 Å². The third kappa shape index (κ3) is 2.25. The van der Waals surface area contributed by atoms with Crippen LogP contribution < -0.4 is 14.8 Å². The molecule has 1 aromatic carbocycles. The lowest BCUT2D eigenvalue weighted by molar-refractivity contribution is -0.130. The van der Waals surface area contributed by atoms with Crippen LogP contribution in [0.15, 0.2) is 18.2 Å². The number of hydrogen-bond donors (Lipinski definition) is 1. The van der Waals surface area contributed by atoms with E-state index in [0.717, 1.165) is 4.90 Å². The van der Waals surface area contributed by atoms with Crippen LogP contribution in [0.25, 0.3) is 0 Å². The van der Waals surface area contributed by atoms with Crippen LogP contribution in [-0.2, 0) is 10.3 Å². The first kappa shape index (κ1) is 14.7. The Kier molecular flexibility index (Phi) is 3.72. The van der Waals surface area contributed by atoms with Crippen LogP contribution in [0.2, 0.25) is 0 Å². The fraction of sp³-hybridized carbons (Fsp3) is 0.357. The van der Waals surface area contributed by atoms with Crippen LogP contribution in [0.5, 0.6) is 11.5 Å². The van der Waals surface area contributed by atoms with E-state index >= 15 is 0 Å². The molecular weight excluding hydrogens is 274 g/mol. The van der Waals surface area contributed by atoms with Crippen LogP contribution in [0.4, 0.5) is 4.79 Å². The summed E-state index contributed by atoms with van der Waals surface area (Å²) < 4.78 is 10.4. The van der Waals surface area contributed by atoms with Gasteiger partial charge in [-0.25, -0.2) is 9.69 Å². The maximum atomic E-state index is 12.5. The number of carbonyl (C=O) groups excluding carboxylic acids is 2. The van der Waals surface area contributed by atoms with Crippen LogP contribution in [-0.4, -0.2) is 37.6 Å². The van der Waals surface area contributed by atoms with Crippen LogP contribution in [0, 0.1) is 11.3 Å². The van der Waals surface area contributed by atoms with Gasteiger partial charge in [-0.15, -0.1) is 0 Å². The molecule has 2 rings (SSSR count). The van der Waals surface area contributed by atoms with Crippen molar-refractivity contribution in [1.82, 2.24) is 10.2 Å². The third-order valence-electron chi connectivity index (χ3n) is 3.45. The molecule has 1 N–H and O–H groups in total. The van der Waals surface area contributed by atoms with Crippen molar-refractivity contribution >= 4 is 11.9 Å². The molecule has 1 fully saturated rings. The first-order valence-corrected chi connectivity index (χ1v) is 6.21. The number of carbonyl (C=O) groups is 2. The molecule has 1 saturated heterocycles. The largest absolute Gasteiger partial charge is 0.497 e. The van der Waals surface area contributed by atoms with Gasteiger partial charge in [0.15, 0.2) is 0 Å². The summed E-state index contributed by atoms with van der Waals surface area (Å²) in [6.45, 7) is 1.27. The van der Waals surface area contributed by atoms with Crippen molar-refractivity contribution in [2.45, 2.75) is 12.5 Å². The second-order valence-corrected chi connectivity index (χ2v) is 4.67. The molecule has 21 heavy (non-hydrogen) atoms. The number of nitriles is 1. The number of rotatable bonds is 4. The highest BCUT2D eigenvalue weighted by molar-refractivity contribution is 6.07. The van der Waals surface area contributed by atoms with Gasteiger partial charge in [0.25, 0.3) is 5.91 Å². The number of nitrogens with one attached hydrogen (secondary N) is 1. The molecular formula is C14H15N3O4. The monoisotopic (exact) mass is 289 g/mol. The molecule has 1 unspecified atom stereocenters. The summed E-state index contributed by atoms with van der Waals surface area (Å²) in [5, 5.41) is 11.3. The van der Waals surface area contributed by atoms with Crippen molar-refractivity contribution in [1.29, 1.82) is 5.26 Å². The van der Waals surface area contributed by atoms with Gasteiger partial charge in [-0.1, -0.05) is 0 Å². The molecule has 0 radical (unpaired) electrons. The number of hydrogen-bond acceptors (Lipinski definition) is 5. The van der Waals surface area contributed by atoms with Crippen molar-refractivity contribution in [3.05, 3.63) is 23.8 Å². The van der Waals surface area contributed by atoms with E-state index in [-0.39, 0.29) is 6.54 Å². The average molecular weight is 289 g/mol. The molecule has 0 spiro atoms. The maximum absolute atomic E-state index is 12.5. The lowest BCUT2D eigenvalue weighted by Crippen LogP contribution is -2.41. The molecule has 7 heteroatoms. The second kappa shape index (κ2) is 5.32. The topological polar surface area (TPSA) is 91.7 Å². The number of urea groups is 1. The number of imide groups is 1. The Morgan fingerprint density at radius 1 is 1.33 bits per heavy atom. The molecule has 1 aliphatic heterocycles. The Balaban J connectivity index is 2.52. The molecule has 0 bridgehead atoms. The molecule has 1 aromatic rings. The normalized spacial score (nSPS) is 21.0.